The maximum Gasteiger partial charge on any atom is 0.239 e. The van der Waals surface area contributed by atoms with Crippen molar-refractivity contribution in [3.63, 3.8) is 0 Å². The van der Waals surface area contributed by atoms with Gasteiger partial charge < -0.3 is 16.4 Å². The summed E-state index contributed by atoms with van der Waals surface area (Å²) in [5.41, 5.74) is 7.85. The zero-order valence-electron chi connectivity index (χ0n) is 16.1. The SMILES string of the molecule is Cc1ccccc1C(NC(=O)CNC(=O)[C@@H](N)C(C)C)C(C)(C)C.Cl. The Morgan fingerprint density at radius 2 is 1.72 bits per heavy atom. The maximum atomic E-state index is 12.3. The molecule has 0 aromatic heterocycles. The Kier molecular flexibility index (Phi) is 9.16. The molecule has 1 aromatic rings. The average molecular weight is 370 g/mol. The third-order valence-electron chi connectivity index (χ3n) is 4.11. The van der Waals surface area contributed by atoms with Crippen molar-refractivity contribution >= 4 is 24.2 Å². The summed E-state index contributed by atoms with van der Waals surface area (Å²) in [4.78, 5) is 24.2. The van der Waals surface area contributed by atoms with Crippen LogP contribution in [0, 0.1) is 18.3 Å². The minimum absolute atomic E-state index is 0. The fourth-order valence-corrected chi connectivity index (χ4v) is 2.47. The van der Waals surface area contributed by atoms with Crippen molar-refractivity contribution in [2.45, 2.75) is 53.6 Å². The second-order valence-corrected chi connectivity index (χ2v) is 7.71. The van der Waals surface area contributed by atoms with Crippen LogP contribution in [0.2, 0.25) is 0 Å². The smallest absolute Gasteiger partial charge is 0.239 e. The van der Waals surface area contributed by atoms with E-state index in [0.717, 1.165) is 11.1 Å². The van der Waals surface area contributed by atoms with Crippen LogP contribution in [0.15, 0.2) is 24.3 Å². The van der Waals surface area contributed by atoms with Gasteiger partial charge in [-0.1, -0.05) is 58.9 Å². The number of nitrogens with two attached hydrogens (primary N) is 1. The van der Waals surface area contributed by atoms with E-state index in [0.29, 0.717) is 0 Å². The number of nitrogens with one attached hydrogen (secondary N) is 2. The van der Waals surface area contributed by atoms with E-state index in [2.05, 4.69) is 31.4 Å². The van der Waals surface area contributed by atoms with Crippen LogP contribution in [-0.4, -0.2) is 24.4 Å². The molecule has 0 saturated heterocycles. The van der Waals surface area contributed by atoms with E-state index < -0.39 is 6.04 Å². The third kappa shape index (κ3) is 7.04. The molecule has 0 aliphatic carbocycles. The first-order valence-electron chi connectivity index (χ1n) is 8.42. The van der Waals surface area contributed by atoms with Crippen LogP contribution in [0.4, 0.5) is 0 Å². The molecular formula is C19H32ClN3O2. The lowest BCUT2D eigenvalue weighted by atomic mass is 9.81. The summed E-state index contributed by atoms with van der Waals surface area (Å²) in [6, 6.07) is 7.27. The predicted octanol–water partition coefficient (Wildman–Crippen LogP) is 2.72. The Labute approximate surface area is 157 Å². The molecule has 2 atom stereocenters. The molecule has 0 heterocycles. The molecule has 142 valence electrons. The molecule has 0 bridgehead atoms. The second-order valence-electron chi connectivity index (χ2n) is 7.71. The first-order chi connectivity index (χ1) is 11.0. The zero-order valence-corrected chi connectivity index (χ0v) is 16.9. The van der Waals surface area contributed by atoms with E-state index in [4.69, 9.17) is 5.73 Å². The first kappa shape index (κ1) is 23.4. The maximum absolute atomic E-state index is 12.3. The summed E-state index contributed by atoms with van der Waals surface area (Å²) < 4.78 is 0. The second kappa shape index (κ2) is 9.78. The molecule has 0 fully saturated rings. The summed E-state index contributed by atoms with van der Waals surface area (Å²) in [6.07, 6.45) is 0. The highest BCUT2D eigenvalue weighted by molar-refractivity contribution is 5.87. The van der Waals surface area contributed by atoms with E-state index in [9.17, 15) is 9.59 Å². The van der Waals surface area contributed by atoms with Crippen LogP contribution in [-0.2, 0) is 9.59 Å². The molecule has 6 heteroatoms. The Bertz CT molecular complexity index is 582. The normalized spacial score (nSPS) is 13.6. The van der Waals surface area contributed by atoms with E-state index in [1.807, 2.05) is 45.0 Å². The van der Waals surface area contributed by atoms with Gasteiger partial charge in [-0.15, -0.1) is 12.4 Å². The van der Waals surface area contributed by atoms with Gasteiger partial charge in [-0.05, 0) is 29.4 Å². The van der Waals surface area contributed by atoms with Crippen molar-refractivity contribution < 1.29 is 9.59 Å². The number of carbonyl (C=O) groups excluding carboxylic acids is 2. The third-order valence-corrected chi connectivity index (χ3v) is 4.11. The average Bonchev–Trinajstić information content (AvgIpc) is 2.49. The minimum atomic E-state index is -0.604. The first-order valence-corrected chi connectivity index (χ1v) is 8.42. The molecule has 4 N–H and O–H groups in total. The summed E-state index contributed by atoms with van der Waals surface area (Å²) in [7, 11) is 0. The number of rotatable bonds is 6. The van der Waals surface area contributed by atoms with Crippen LogP contribution in [0.25, 0.3) is 0 Å². The molecule has 0 radical (unpaired) electrons. The summed E-state index contributed by atoms with van der Waals surface area (Å²) >= 11 is 0. The Balaban J connectivity index is 0.00000576. The lowest BCUT2D eigenvalue weighted by Crippen LogP contribution is -2.48. The predicted molar refractivity (Wildman–Crippen MR) is 105 cm³/mol. The topological polar surface area (TPSA) is 84.2 Å². The van der Waals surface area contributed by atoms with Gasteiger partial charge in [-0.3, -0.25) is 9.59 Å². The molecule has 0 aliphatic heterocycles. The van der Waals surface area contributed by atoms with Crippen molar-refractivity contribution in [1.29, 1.82) is 0 Å². The zero-order chi connectivity index (χ0) is 18.5. The molecule has 25 heavy (non-hydrogen) atoms. The van der Waals surface area contributed by atoms with Crippen molar-refractivity contribution in [3.05, 3.63) is 35.4 Å². The Morgan fingerprint density at radius 3 is 2.20 bits per heavy atom. The van der Waals surface area contributed by atoms with Crippen LogP contribution in [0.5, 0.6) is 0 Å². The quantitative estimate of drug-likeness (QED) is 0.720. The molecule has 1 aromatic carbocycles. The van der Waals surface area contributed by atoms with Crippen LogP contribution in [0.1, 0.15) is 51.8 Å². The van der Waals surface area contributed by atoms with Gasteiger partial charge in [0.25, 0.3) is 0 Å². The van der Waals surface area contributed by atoms with Gasteiger partial charge in [0.05, 0.1) is 18.6 Å². The number of aryl methyl sites for hydroxylation is 1. The van der Waals surface area contributed by atoms with E-state index in [1.165, 1.54) is 0 Å². The molecule has 1 rings (SSSR count). The highest BCUT2D eigenvalue weighted by atomic mass is 35.5. The van der Waals surface area contributed by atoms with Gasteiger partial charge in [-0.25, -0.2) is 0 Å². The number of halogens is 1. The molecule has 5 nitrogen and oxygen atoms in total. The number of amides is 2. The fourth-order valence-electron chi connectivity index (χ4n) is 2.47. The van der Waals surface area contributed by atoms with Crippen LogP contribution < -0.4 is 16.4 Å². The molecule has 0 saturated carbocycles. The van der Waals surface area contributed by atoms with Crippen molar-refractivity contribution in [3.8, 4) is 0 Å². The summed E-state index contributed by atoms with van der Waals surface area (Å²) in [5, 5.41) is 5.65. The standard InChI is InChI=1S/C19H31N3O2.ClH/c1-12(2)16(20)18(24)21-11-15(23)22-17(19(4,5)6)14-10-8-7-9-13(14)3;/h7-10,12,16-17H,11,20H2,1-6H3,(H,21,24)(H,22,23);1H/t16-,17?;/m0./s1. The lowest BCUT2D eigenvalue weighted by Gasteiger charge is -2.33. The van der Waals surface area contributed by atoms with Gasteiger partial charge in [0.15, 0.2) is 0 Å². The largest absolute Gasteiger partial charge is 0.347 e. The highest BCUT2D eigenvalue weighted by Gasteiger charge is 2.29. The van der Waals surface area contributed by atoms with Gasteiger partial charge in [-0.2, -0.15) is 0 Å². The lowest BCUT2D eigenvalue weighted by molar-refractivity contribution is -0.128. The molecule has 1 unspecified atom stereocenters. The highest BCUT2D eigenvalue weighted by Crippen LogP contribution is 2.34. The monoisotopic (exact) mass is 369 g/mol. The van der Waals surface area contributed by atoms with E-state index in [-0.39, 0.29) is 48.1 Å². The Morgan fingerprint density at radius 1 is 1.16 bits per heavy atom. The van der Waals surface area contributed by atoms with Gasteiger partial charge in [0.2, 0.25) is 11.8 Å². The number of hydrogen-bond acceptors (Lipinski definition) is 3. The molecular weight excluding hydrogens is 338 g/mol. The van der Waals surface area contributed by atoms with E-state index >= 15 is 0 Å². The van der Waals surface area contributed by atoms with Gasteiger partial charge >= 0.3 is 0 Å². The van der Waals surface area contributed by atoms with Crippen molar-refractivity contribution in [2.24, 2.45) is 17.1 Å². The van der Waals surface area contributed by atoms with Crippen molar-refractivity contribution in [1.82, 2.24) is 10.6 Å². The number of hydrogen-bond donors (Lipinski definition) is 3. The molecule has 0 spiro atoms. The Hall–Kier alpha value is -1.59. The van der Waals surface area contributed by atoms with Gasteiger partial charge in [0, 0.05) is 0 Å². The molecule has 0 aliphatic rings. The summed E-state index contributed by atoms with van der Waals surface area (Å²) in [6.45, 7) is 11.9. The number of carbonyl (C=O) groups is 2. The van der Waals surface area contributed by atoms with Crippen LogP contribution >= 0.6 is 12.4 Å². The summed E-state index contributed by atoms with van der Waals surface area (Å²) in [5.74, 6) is -0.492. The van der Waals surface area contributed by atoms with Gasteiger partial charge in [0.1, 0.15) is 0 Å². The fraction of sp³-hybridized carbons (Fsp3) is 0.579. The van der Waals surface area contributed by atoms with Crippen LogP contribution in [0.3, 0.4) is 0 Å². The molecule has 2 amide bonds. The van der Waals surface area contributed by atoms with Crippen molar-refractivity contribution in [2.75, 3.05) is 6.54 Å². The number of benzene rings is 1. The minimum Gasteiger partial charge on any atom is -0.347 e. The van der Waals surface area contributed by atoms with E-state index in [1.54, 1.807) is 0 Å².